The Hall–Kier alpha value is -1.75. The van der Waals surface area contributed by atoms with Crippen molar-refractivity contribution >= 4 is 29.3 Å². The predicted octanol–water partition coefficient (Wildman–Crippen LogP) is 3.35. The highest BCUT2D eigenvalue weighted by Gasteiger charge is 2.42. The number of rotatable bonds is 5. The van der Waals surface area contributed by atoms with E-state index in [0.717, 1.165) is 0 Å². The molecule has 0 bridgehead atoms. The van der Waals surface area contributed by atoms with Crippen molar-refractivity contribution < 1.29 is 14.7 Å². The van der Waals surface area contributed by atoms with E-state index in [1.165, 1.54) is 43.9 Å². The quantitative estimate of drug-likeness (QED) is 0.780. The number of urea groups is 1. The maximum atomic E-state index is 12.1. The van der Waals surface area contributed by atoms with Gasteiger partial charge in [0.25, 0.3) is 0 Å². The summed E-state index contributed by atoms with van der Waals surface area (Å²) in [5.74, 6) is 0.191. The second kappa shape index (κ2) is 5.56. The van der Waals surface area contributed by atoms with Gasteiger partial charge in [-0.05, 0) is 55.7 Å². The van der Waals surface area contributed by atoms with E-state index in [0.29, 0.717) is 17.5 Å². The van der Waals surface area contributed by atoms with Crippen LogP contribution in [0.15, 0.2) is 18.2 Å². The average molecular weight is 309 g/mol. The monoisotopic (exact) mass is 308 g/mol. The Labute approximate surface area is 127 Å². The van der Waals surface area contributed by atoms with Crippen LogP contribution >= 0.6 is 11.6 Å². The number of halogens is 1. The normalized spacial score (nSPS) is 17.6. The summed E-state index contributed by atoms with van der Waals surface area (Å²) < 4.78 is 0. The van der Waals surface area contributed by atoms with Crippen LogP contribution in [0.4, 0.5) is 10.5 Å². The van der Waals surface area contributed by atoms with Gasteiger partial charge >= 0.3 is 12.0 Å². The number of hydrogen-bond donors (Lipinski definition) is 3. The number of amides is 2. The number of nitrogens with one attached hydrogen (secondary N) is 2. The minimum absolute atomic E-state index is 0.0970. The third kappa shape index (κ3) is 3.47. The lowest BCUT2D eigenvalue weighted by molar-refractivity contribution is 0.0697. The molecule has 2 aliphatic carbocycles. The van der Waals surface area contributed by atoms with Gasteiger partial charge in [-0.15, -0.1) is 0 Å². The molecule has 0 spiro atoms. The summed E-state index contributed by atoms with van der Waals surface area (Å²) in [4.78, 5) is 22.9. The summed E-state index contributed by atoms with van der Waals surface area (Å²) in [6, 6.07) is 4.25. The van der Waals surface area contributed by atoms with Crippen LogP contribution in [0.5, 0.6) is 0 Å². The summed E-state index contributed by atoms with van der Waals surface area (Å²) in [5.41, 5.74) is 0.518. The van der Waals surface area contributed by atoms with Crippen molar-refractivity contribution in [3.05, 3.63) is 28.8 Å². The van der Waals surface area contributed by atoms with Crippen molar-refractivity contribution in [2.45, 2.75) is 31.7 Å². The lowest BCUT2D eigenvalue weighted by Crippen LogP contribution is -2.40. The van der Waals surface area contributed by atoms with Gasteiger partial charge in [0.15, 0.2) is 0 Å². The van der Waals surface area contributed by atoms with Crippen LogP contribution in [0.2, 0.25) is 5.02 Å². The van der Waals surface area contributed by atoms with E-state index < -0.39 is 5.97 Å². The molecule has 2 amide bonds. The summed E-state index contributed by atoms with van der Waals surface area (Å²) in [6.07, 6.45) is 4.76. The summed E-state index contributed by atoms with van der Waals surface area (Å²) in [5, 5.41) is 14.8. The SMILES string of the molecule is O=C(Nc1ccc(C(=O)O)cc1Cl)NC(C1CC1)C1CC1. The second-order valence-corrected chi connectivity index (χ2v) is 6.21. The van der Waals surface area contributed by atoms with Gasteiger partial charge in [0.05, 0.1) is 16.3 Å². The average Bonchev–Trinajstić information content (AvgIpc) is 3.30. The van der Waals surface area contributed by atoms with Crippen LogP contribution in [-0.2, 0) is 0 Å². The van der Waals surface area contributed by atoms with Crippen molar-refractivity contribution in [2.24, 2.45) is 11.8 Å². The van der Waals surface area contributed by atoms with Gasteiger partial charge in [-0.1, -0.05) is 11.6 Å². The molecule has 2 fully saturated rings. The predicted molar refractivity (Wildman–Crippen MR) is 79.8 cm³/mol. The Morgan fingerprint density at radius 2 is 1.81 bits per heavy atom. The molecule has 0 aliphatic heterocycles. The largest absolute Gasteiger partial charge is 0.478 e. The molecule has 21 heavy (non-hydrogen) atoms. The van der Waals surface area contributed by atoms with E-state index in [4.69, 9.17) is 16.7 Å². The van der Waals surface area contributed by atoms with Gasteiger partial charge in [-0.25, -0.2) is 9.59 Å². The Bertz CT molecular complexity index is 570. The maximum Gasteiger partial charge on any atom is 0.335 e. The van der Waals surface area contributed by atoms with Crippen molar-refractivity contribution in [2.75, 3.05) is 5.32 Å². The van der Waals surface area contributed by atoms with Gasteiger partial charge in [-0.2, -0.15) is 0 Å². The Morgan fingerprint density at radius 1 is 1.19 bits per heavy atom. The fourth-order valence-corrected chi connectivity index (χ4v) is 2.82. The molecule has 0 radical (unpaired) electrons. The number of anilines is 1. The Kier molecular flexibility index (Phi) is 3.76. The number of carbonyl (C=O) groups excluding carboxylic acids is 1. The molecule has 5 nitrogen and oxygen atoms in total. The molecule has 2 aliphatic rings. The van der Waals surface area contributed by atoms with E-state index in [1.54, 1.807) is 0 Å². The number of carboxylic acid groups (broad SMARTS) is 1. The molecule has 0 atom stereocenters. The molecule has 0 unspecified atom stereocenters. The number of benzene rings is 1. The minimum atomic E-state index is -1.05. The van der Waals surface area contributed by atoms with E-state index in [-0.39, 0.29) is 22.7 Å². The second-order valence-electron chi connectivity index (χ2n) is 5.80. The lowest BCUT2D eigenvalue weighted by atomic mass is 10.1. The van der Waals surface area contributed by atoms with Crippen LogP contribution in [0, 0.1) is 11.8 Å². The number of carbonyl (C=O) groups is 2. The summed E-state index contributed by atoms with van der Waals surface area (Å²) >= 11 is 6.00. The third-order valence-electron chi connectivity index (χ3n) is 4.02. The highest BCUT2D eigenvalue weighted by molar-refractivity contribution is 6.34. The van der Waals surface area contributed by atoms with Gasteiger partial charge < -0.3 is 15.7 Å². The molecule has 0 heterocycles. The first-order valence-corrected chi connectivity index (χ1v) is 7.53. The van der Waals surface area contributed by atoms with E-state index >= 15 is 0 Å². The van der Waals surface area contributed by atoms with Gasteiger partial charge in [0.2, 0.25) is 0 Å². The standard InChI is InChI=1S/C15H17ClN2O3/c16-11-7-10(14(19)20)5-6-12(11)17-15(21)18-13(8-1-2-8)9-3-4-9/h5-9,13H,1-4H2,(H,19,20)(H2,17,18,21). The first-order chi connectivity index (χ1) is 10.0. The van der Waals surface area contributed by atoms with E-state index in [2.05, 4.69) is 10.6 Å². The molecule has 0 saturated heterocycles. The third-order valence-corrected chi connectivity index (χ3v) is 4.33. The molecular weight excluding hydrogens is 292 g/mol. The zero-order valence-electron chi connectivity index (χ0n) is 11.4. The molecule has 2 saturated carbocycles. The van der Waals surface area contributed by atoms with Crippen LogP contribution in [0.1, 0.15) is 36.0 Å². The van der Waals surface area contributed by atoms with Crippen molar-refractivity contribution in [3.8, 4) is 0 Å². The van der Waals surface area contributed by atoms with Crippen molar-refractivity contribution in [3.63, 3.8) is 0 Å². The Morgan fingerprint density at radius 3 is 2.29 bits per heavy atom. The van der Waals surface area contributed by atoms with Crippen molar-refractivity contribution in [1.82, 2.24) is 5.32 Å². The molecule has 3 rings (SSSR count). The summed E-state index contributed by atoms with van der Waals surface area (Å²) in [7, 11) is 0. The van der Waals surface area contributed by atoms with Crippen LogP contribution < -0.4 is 10.6 Å². The summed E-state index contributed by atoms with van der Waals surface area (Å²) in [6.45, 7) is 0. The smallest absolute Gasteiger partial charge is 0.335 e. The minimum Gasteiger partial charge on any atom is -0.478 e. The first kappa shape index (κ1) is 14.2. The van der Waals surface area contributed by atoms with Gasteiger partial charge in [0.1, 0.15) is 0 Å². The number of aromatic carboxylic acids is 1. The van der Waals surface area contributed by atoms with Gasteiger partial charge in [0, 0.05) is 6.04 Å². The molecule has 1 aromatic carbocycles. The lowest BCUT2D eigenvalue weighted by Gasteiger charge is -2.18. The van der Waals surface area contributed by atoms with Crippen LogP contribution in [0.3, 0.4) is 0 Å². The molecule has 112 valence electrons. The Balaban J connectivity index is 1.62. The zero-order chi connectivity index (χ0) is 15.0. The van der Waals surface area contributed by atoms with Crippen molar-refractivity contribution in [1.29, 1.82) is 0 Å². The first-order valence-electron chi connectivity index (χ1n) is 7.15. The topological polar surface area (TPSA) is 78.4 Å². The zero-order valence-corrected chi connectivity index (χ0v) is 12.2. The van der Waals surface area contributed by atoms with Crippen LogP contribution in [0.25, 0.3) is 0 Å². The fraction of sp³-hybridized carbons (Fsp3) is 0.467. The van der Waals surface area contributed by atoms with Crippen LogP contribution in [-0.4, -0.2) is 23.1 Å². The molecule has 1 aromatic rings. The molecular formula is C15H17ClN2O3. The molecule has 0 aromatic heterocycles. The maximum absolute atomic E-state index is 12.1. The van der Waals surface area contributed by atoms with E-state index in [9.17, 15) is 9.59 Å². The van der Waals surface area contributed by atoms with Gasteiger partial charge in [-0.3, -0.25) is 0 Å². The highest BCUT2D eigenvalue weighted by atomic mass is 35.5. The van der Waals surface area contributed by atoms with E-state index in [1.807, 2.05) is 0 Å². The number of hydrogen-bond acceptors (Lipinski definition) is 2. The fourth-order valence-electron chi connectivity index (χ4n) is 2.59. The number of carboxylic acids is 1. The highest BCUT2D eigenvalue weighted by Crippen LogP contribution is 2.44. The molecule has 6 heteroatoms. The molecule has 3 N–H and O–H groups in total.